The molecule has 0 fully saturated rings. The van der Waals surface area contributed by atoms with Gasteiger partial charge in [-0.05, 0) is 13.3 Å². The number of nitrogens with zero attached hydrogens (tertiary/aromatic N) is 2. The lowest BCUT2D eigenvalue weighted by Gasteiger charge is -2.01. The Labute approximate surface area is 120 Å². The van der Waals surface area contributed by atoms with Crippen LogP contribution < -0.4 is 5.73 Å². The van der Waals surface area contributed by atoms with Gasteiger partial charge >= 0.3 is 5.97 Å². The SMILES string of the molecule is CCCc1nc(C[C@H](N)C(=O)O)cn1CC.Cl.Cl. The molecule has 0 saturated carbocycles. The van der Waals surface area contributed by atoms with Crippen molar-refractivity contribution < 1.29 is 9.90 Å². The maximum Gasteiger partial charge on any atom is 0.320 e. The van der Waals surface area contributed by atoms with Crippen LogP contribution in [-0.4, -0.2) is 26.7 Å². The number of carbonyl (C=O) groups is 1. The third-order valence-electron chi connectivity index (χ3n) is 2.47. The van der Waals surface area contributed by atoms with Crippen LogP contribution in [0.25, 0.3) is 0 Å². The zero-order valence-electron chi connectivity index (χ0n) is 10.6. The van der Waals surface area contributed by atoms with E-state index in [4.69, 9.17) is 10.8 Å². The van der Waals surface area contributed by atoms with Crippen molar-refractivity contribution in [1.29, 1.82) is 0 Å². The fourth-order valence-electron chi connectivity index (χ4n) is 1.62. The number of hydrogen-bond donors (Lipinski definition) is 2. The number of carboxylic acids is 1. The molecule has 5 nitrogen and oxygen atoms in total. The molecule has 18 heavy (non-hydrogen) atoms. The first-order valence-electron chi connectivity index (χ1n) is 5.61. The van der Waals surface area contributed by atoms with Crippen LogP contribution >= 0.6 is 24.8 Å². The van der Waals surface area contributed by atoms with Gasteiger partial charge in [0.25, 0.3) is 0 Å². The van der Waals surface area contributed by atoms with Crippen LogP contribution in [0, 0.1) is 0 Å². The minimum Gasteiger partial charge on any atom is -0.480 e. The molecule has 0 aliphatic heterocycles. The van der Waals surface area contributed by atoms with Gasteiger partial charge in [-0.2, -0.15) is 0 Å². The molecule has 1 rings (SSSR count). The van der Waals surface area contributed by atoms with Crippen LogP contribution in [0.1, 0.15) is 31.8 Å². The summed E-state index contributed by atoms with van der Waals surface area (Å²) in [5.41, 5.74) is 6.24. The zero-order chi connectivity index (χ0) is 12.1. The van der Waals surface area contributed by atoms with E-state index in [1.807, 2.05) is 17.7 Å². The van der Waals surface area contributed by atoms with E-state index >= 15 is 0 Å². The van der Waals surface area contributed by atoms with Crippen molar-refractivity contribution in [2.24, 2.45) is 5.73 Å². The van der Waals surface area contributed by atoms with Gasteiger partial charge in [-0.1, -0.05) is 6.92 Å². The van der Waals surface area contributed by atoms with Crippen molar-refractivity contribution >= 4 is 30.8 Å². The van der Waals surface area contributed by atoms with Crippen molar-refractivity contribution in [3.8, 4) is 0 Å². The standard InChI is InChI=1S/C11H19N3O2.2ClH/c1-3-5-10-13-8(7-14(10)4-2)6-9(12)11(15)16;;/h7,9H,3-6,12H2,1-2H3,(H,15,16);2*1H/t9-;;/m0../s1. The van der Waals surface area contributed by atoms with E-state index in [-0.39, 0.29) is 24.8 Å². The molecule has 1 atom stereocenters. The minimum atomic E-state index is -0.983. The molecule has 0 aromatic carbocycles. The van der Waals surface area contributed by atoms with E-state index in [0.29, 0.717) is 6.42 Å². The maximum absolute atomic E-state index is 10.6. The summed E-state index contributed by atoms with van der Waals surface area (Å²) in [5, 5.41) is 8.72. The smallest absolute Gasteiger partial charge is 0.320 e. The summed E-state index contributed by atoms with van der Waals surface area (Å²) < 4.78 is 2.05. The number of imidazole rings is 1. The van der Waals surface area contributed by atoms with Gasteiger partial charge in [-0.25, -0.2) is 4.98 Å². The molecule has 0 spiro atoms. The Morgan fingerprint density at radius 1 is 1.50 bits per heavy atom. The van der Waals surface area contributed by atoms with E-state index in [2.05, 4.69) is 11.9 Å². The number of hydrogen-bond acceptors (Lipinski definition) is 3. The van der Waals surface area contributed by atoms with Crippen molar-refractivity contribution in [2.45, 2.75) is 45.7 Å². The lowest BCUT2D eigenvalue weighted by molar-refractivity contribution is -0.138. The second-order valence-corrected chi connectivity index (χ2v) is 3.83. The van der Waals surface area contributed by atoms with Crippen molar-refractivity contribution in [3.05, 3.63) is 17.7 Å². The van der Waals surface area contributed by atoms with E-state index in [1.165, 1.54) is 0 Å². The fraction of sp³-hybridized carbons (Fsp3) is 0.636. The number of nitrogens with two attached hydrogens (primary N) is 1. The molecule has 0 aliphatic rings. The first-order chi connectivity index (χ1) is 7.58. The molecule has 1 aromatic heterocycles. The Bertz CT molecular complexity index is 369. The predicted octanol–water partition coefficient (Wildman–Crippen LogP) is 1.65. The number of aromatic nitrogens is 2. The van der Waals surface area contributed by atoms with Crippen LogP contribution in [0.15, 0.2) is 6.20 Å². The number of halogens is 2. The largest absolute Gasteiger partial charge is 0.480 e. The first-order valence-corrected chi connectivity index (χ1v) is 5.61. The number of aliphatic carboxylic acids is 1. The fourth-order valence-corrected chi connectivity index (χ4v) is 1.62. The van der Waals surface area contributed by atoms with E-state index < -0.39 is 12.0 Å². The zero-order valence-corrected chi connectivity index (χ0v) is 12.3. The highest BCUT2D eigenvalue weighted by molar-refractivity contribution is 5.85. The van der Waals surface area contributed by atoms with Crippen LogP contribution in [0.2, 0.25) is 0 Å². The Kier molecular flexibility index (Phi) is 9.99. The normalized spacial score (nSPS) is 11.3. The summed E-state index contributed by atoms with van der Waals surface area (Å²) in [7, 11) is 0. The lowest BCUT2D eigenvalue weighted by Crippen LogP contribution is -2.32. The van der Waals surface area contributed by atoms with Crippen LogP contribution in [0.4, 0.5) is 0 Å². The molecule has 0 amide bonds. The summed E-state index contributed by atoms with van der Waals surface area (Å²) in [6.07, 6.45) is 4.13. The Hall–Kier alpha value is -0.780. The van der Waals surface area contributed by atoms with Crippen LogP contribution in [0.5, 0.6) is 0 Å². The average molecular weight is 298 g/mol. The third kappa shape index (κ3) is 5.25. The molecular formula is C11H21Cl2N3O2. The number of rotatable bonds is 6. The van der Waals surface area contributed by atoms with Gasteiger partial charge in [0.15, 0.2) is 0 Å². The molecule has 0 aliphatic carbocycles. The van der Waals surface area contributed by atoms with Gasteiger partial charge in [0.05, 0.1) is 5.69 Å². The number of carboxylic acid groups (broad SMARTS) is 1. The molecule has 0 saturated heterocycles. The summed E-state index contributed by atoms with van der Waals surface area (Å²) >= 11 is 0. The molecule has 1 heterocycles. The Balaban J connectivity index is 0. The van der Waals surface area contributed by atoms with E-state index in [0.717, 1.165) is 30.9 Å². The van der Waals surface area contributed by atoms with Crippen molar-refractivity contribution in [2.75, 3.05) is 0 Å². The summed E-state index contributed by atoms with van der Waals surface area (Å²) in [5.74, 6) is 0.0284. The topological polar surface area (TPSA) is 81.1 Å². The summed E-state index contributed by atoms with van der Waals surface area (Å²) in [6.45, 7) is 4.99. The van der Waals surface area contributed by atoms with Gasteiger partial charge in [0.1, 0.15) is 11.9 Å². The highest BCUT2D eigenvalue weighted by Gasteiger charge is 2.15. The molecule has 0 bridgehead atoms. The molecule has 0 radical (unpaired) electrons. The number of aryl methyl sites for hydroxylation is 2. The van der Waals surface area contributed by atoms with Gasteiger partial charge in [-0.3, -0.25) is 4.79 Å². The molecule has 0 unspecified atom stereocenters. The van der Waals surface area contributed by atoms with Crippen molar-refractivity contribution in [1.82, 2.24) is 9.55 Å². The van der Waals surface area contributed by atoms with Gasteiger partial charge < -0.3 is 15.4 Å². The molecule has 106 valence electrons. The van der Waals surface area contributed by atoms with E-state index in [1.54, 1.807) is 0 Å². The second-order valence-electron chi connectivity index (χ2n) is 3.83. The molecule has 7 heteroatoms. The maximum atomic E-state index is 10.6. The van der Waals surface area contributed by atoms with Crippen LogP contribution in [-0.2, 0) is 24.2 Å². The molecular weight excluding hydrogens is 277 g/mol. The van der Waals surface area contributed by atoms with Gasteiger partial charge in [-0.15, -0.1) is 24.8 Å². The minimum absolute atomic E-state index is 0. The predicted molar refractivity (Wildman–Crippen MR) is 75.7 cm³/mol. The average Bonchev–Trinajstić information content (AvgIpc) is 2.60. The molecule has 3 N–H and O–H groups in total. The first kappa shape index (κ1) is 19.6. The molecule has 1 aromatic rings. The van der Waals surface area contributed by atoms with Crippen LogP contribution in [0.3, 0.4) is 0 Å². The lowest BCUT2D eigenvalue weighted by atomic mass is 10.2. The third-order valence-corrected chi connectivity index (χ3v) is 2.47. The van der Waals surface area contributed by atoms with Gasteiger partial charge in [0, 0.05) is 25.6 Å². The summed E-state index contributed by atoms with van der Waals surface area (Å²) in [4.78, 5) is 15.0. The van der Waals surface area contributed by atoms with Crippen molar-refractivity contribution in [3.63, 3.8) is 0 Å². The highest BCUT2D eigenvalue weighted by atomic mass is 35.5. The Morgan fingerprint density at radius 2 is 2.11 bits per heavy atom. The highest BCUT2D eigenvalue weighted by Crippen LogP contribution is 2.08. The Morgan fingerprint density at radius 3 is 2.56 bits per heavy atom. The second kappa shape index (κ2) is 9.19. The van der Waals surface area contributed by atoms with E-state index in [9.17, 15) is 4.79 Å². The monoisotopic (exact) mass is 297 g/mol. The summed E-state index contributed by atoms with van der Waals surface area (Å²) in [6, 6.07) is -0.866. The van der Waals surface area contributed by atoms with Gasteiger partial charge in [0.2, 0.25) is 0 Å². The quantitative estimate of drug-likeness (QED) is 0.837.